The minimum atomic E-state index is -0.613. The second-order valence-corrected chi connectivity index (χ2v) is 9.57. The molecule has 1 N–H and O–H groups in total. The smallest absolute Gasteiger partial charge is 0.336 e. The Bertz CT molecular complexity index is 905. The zero-order valence-electron chi connectivity index (χ0n) is 19.0. The molecule has 0 saturated carbocycles. The number of carbonyl (C=O) groups is 2. The molecule has 33 heavy (non-hydrogen) atoms. The van der Waals surface area contributed by atoms with Gasteiger partial charge in [0.15, 0.2) is 0 Å². The molecule has 2 unspecified atom stereocenters. The Morgan fingerprint density at radius 3 is 1.97 bits per heavy atom. The van der Waals surface area contributed by atoms with Crippen LogP contribution in [0.15, 0.2) is 51.3 Å². The summed E-state index contributed by atoms with van der Waals surface area (Å²) in [6.45, 7) is 5.42. The lowest BCUT2D eigenvalue weighted by Gasteiger charge is -2.31. The second-order valence-electron chi connectivity index (χ2n) is 8.66. The predicted molar refractivity (Wildman–Crippen MR) is 125 cm³/mol. The zero-order valence-corrected chi connectivity index (χ0v) is 20.6. The van der Waals surface area contributed by atoms with Crippen LogP contribution in [0.5, 0.6) is 0 Å². The highest BCUT2D eigenvalue weighted by molar-refractivity contribution is 9.10. The first-order chi connectivity index (χ1) is 15.9. The van der Waals surface area contributed by atoms with Gasteiger partial charge in [0, 0.05) is 29.1 Å². The van der Waals surface area contributed by atoms with E-state index in [1.165, 1.54) is 0 Å². The number of benzene rings is 1. The van der Waals surface area contributed by atoms with Gasteiger partial charge in [-0.3, -0.25) is 0 Å². The highest BCUT2D eigenvalue weighted by Gasteiger charge is 2.38. The third-order valence-electron chi connectivity index (χ3n) is 6.23. The van der Waals surface area contributed by atoms with E-state index in [0.29, 0.717) is 35.8 Å². The van der Waals surface area contributed by atoms with Gasteiger partial charge in [-0.2, -0.15) is 0 Å². The van der Waals surface area contributed by atoms with Crippen LogP contribution in [-0.2, 0) is 28.5 Å². The van der Waals surface area contributed by atoms with Crippen molar-refractivity contribution >= 4 is 27.9 Å². The third-order valence-corrected chi connectivity index (χ3v) is 6.72. The molecule has 3 aliphatic heterocycles. The fourth-order valence-electron chi connectivity index (χ4n) is 4.60. The van der Waals surface area contributed by atoms with Crippen molar-refractivity contribution in [2.75, 3.05) is 26.4 Å². The summed E-state index contributed by atoms with van der Waals surface area (Å²) in [6, 6.07) is 7.61. The first-order valence-electron chi connectivity index (χ1n) is 11.5. The number of allylic oxidation sites excluding steroid dienone is 2. The van der Waals surface area contributed by atoms with E-state index < -0.39 is 17.9 Å². The number of hydrogen-bond acceptors (Lipinski definition) is 7. The Labute approximate surface area is 202 Å². The molecule has 0 amide bonds. The van der Waals surface area contributed by atoms with E-state index >= 15 is 0 Å². The number of ether oxygens (including phenoxy) is 4. The van der Waals surface area contributed by atoms with E-state index in [0.717, 1.165) is 35.7 Å². The van der Waals surface area contributed by atoms with Gasteiger partial charge in [0.05, 0.1) is 29.3 Å². The number of halogens is 1. The molecule has 0 aliphatic carbocycles. The van der Waals surface area contributed by atoms with Crippen molar-refractivity contribution in [3.63, 3.8) is 0 Å². The van der Waals surface area contributed by atoms with Crippen LogP contribution < -0.4 is 5.32 Å². The topological polar surface area (TPSA) is 83.1 Å². The lowest BCUT2D eigenvalue weighted by Crippen LogP contribution is -2.34. The Morgan fingerprint density at radius 1 is 0.970 bits per heavy atom. The quantitative estimate of drug-likeness (QED) is 0.542. The normalized spacial score (nSPS) is 25.2. The Balaban J connectivity index is 1.61. The van der Waals surface area contributed by atoms with Crippen LogP contribution >= 0.6 is 15.9 Å². The van der Waals surface area contributed by atoms with Gasteiger partial charge in [0.25, 0.3) is 0 Å². The van der Waals surface area contributed by atoms with E-state index in [1.807, 2.05) is 38.1 Å². The second kappa shape index (κ2) is 10.8. The van der Waals surface area contributed by atoms with Crippen molar-refractivity contribution in [2.45, 2.75) is 57.7 Å². The van der Waals surface area contributed by atoms with Crippen molar-refractivity contribution in [1.29, 1.82) is 0 Å². The van der Waals surface area contributed by atoms with Crippen molar-refractivity contribution < 1.29 is 28.5 Å². The minimum Gasteiger partial charge on any atom is -0.459 e. The maximum Gasteiger partial charge on any atom is 0.336 e. The first kappa shape index (κ1) is 24.0. The average Bonchev–Trinajstić information content (AvgIpc) is 3.49. The molecule has 3 aliphatic rings. The Kier molecular flexibility index (Phi) is 7.88. The minimum absolute atomic E-state index is 0.0798. The monoisotopic (exact) mass is 519 g/mol. The fraction of sp³-hybridized carbons (Fsp3) is 0.520. The van der Waals surface area contributed by atoms with Gasteiger partial charge in [-0.15, -0.1) is 0 Å². The predicted octanol–water partition coefficient (Wildman–Crippen LogP) is 4.13. The zero-order chi connectivity index (χ0) is 23.4. The van der Waals surface area contributed by atoms with Gasteiger partial charge in [0.2, 0.25) is 0 Å². The summed E-state index contributed by atoms with van der Waals surface area (Å²) in [4.78, 5) is 26.6. The number of nitrogens with one attached hydrogen (secondary N) is 1. The average molecular weight is 520 g/mol. The summed E-state index contributed by atoms with van der Waals surface area (Å²) in [6.07, 6.45) is 3.52. The summed E-state index contributed by atoms with van der Waals surface area (Å²) in [5, 5.41) is 3.19. The molecule has 4 rings (SSSR count). The molecule has 2 atom stereocenters. The molecule has 1 aromatic carbocycles. The lowest BCUT2D eigenvalue weighted by atomic mass is 9.80. The van der Waals surface area contributed by atoms with Crippen LogP contribution in [-0.4, -0.2) is 50.6 Å². The number of rotatable bonds is 7. The molecule has 2 saturated heterocycles. The summed E-state index contributed by atoms with van der Waals surface area (Å²) < 4.78 is 23.3. The molecular formula is C25H30BrNO6. The van der Waals surface area contributed by atoms with Crippen molar-refractivity contribution in [3.05, 3.63) is 56.8 Å². The van der Waals surface area contributed by atoms with Gasteiger partial charge < -0.3 is 24.3 Å². The molecule has 7 nitrogen and oxygen atoms in total. The standard InChI is InChI=1S/C25H30BrNO6/c1-15-21(24(28)32-13-19-8-4-10-30-19)23(17-6-3-7-18(26)12-17)22(16(2)27-15)25(29)33-14-20-9-5-11-31-20/h3,6-7,12,19-20,23,27H,4-5,8-11,13-14H2,1-2H3. The number of hydrogen-bond donors (Lipinski definition) is 1. The van der Waals surface area contributed by atoms with Crippen LogP contribution in [0.1, 0.15) is 51.0 Å². The van der Waals surface area contributed by atoms with E-state index in [4.69, 9.17) is 18.9 Å². The molecule has 0 bridgehead atoms. The Morgan fingerprint density at radius 2 is 1.52 bits per heavy atom. The molecule has 0 aromatic heterocycles. The van der Waals surface area contributed by atoms with Gasteiger partial charge in [-0.1, -0.05) is 28.1 Å². The van der Waals surface area contributed by atoms with Crippen molar-refractivity contribution in [3.8, 4) is 0 Å². The molecule has 8 heteroatoms. The van der Waals surface area contributed by atoms with E-state index in [1.54, 1.807) is 0 Å². The number of dihydropyridines is 1. The maximum atomic E-state index is 13.3. The maximum absolute atomic E-state index is 13.3. The lowest BCUT2D eigenvalue weighted by molar-refractivity contribution is -0.143. The van der Waals surface area contributed by atoms with Crippen molar-refractivity contribution in [1.82, 2.24) is 5.32 Å². The first-order valence-corrected chi connectivity index (χ1v) is 12.2. The van der Waals surface area contributed by atoms with Crippen LogP contribution in [0.25, 0.3) is 0 Å². The van der Waals surface area contributed by atoms with E-state index in [2.05, 4.69) is 21.2 Å². The molecule has 178 valence electrons. The SMILES string of the molecule is CC1=C(C(=O)OCC2CCCO2)C(c2cccc(Br)c2)C(C(=O)OCC2CCCO2)=C(C)N1. The molecular weight excluding hydrogens is 490 g/mol. The van der Waals surface area contributed by atoms with Gasteiger partial charge in [-0.05, 0) is 57.2 Å². The molecule has 1 aromatic rings. The highest BCUT2D eigenvalue weighted by atomic mass is 79.9. The number of esters is 2. The van der Waals surface area contributed by atoms with E-state index in [9.17, 15) is 9.59 Å². The molecule has 0 spiro atoms. The van der Waals surface area contributed by atoms with E-state index in [-0.39, 0.29) is 25.4 Å². The Hall–Kier alpha value is -2.16. The highest BCUT2D eigenvalue weighted by Crippen LogP contribution is 2.40. The largest absolute Gasteiger partial charge is 0.459 e. The van der Waals surface area contributed by atoms with Crippen LogP contribution in [0, 0.1) is 0 Å². The fourth-order valence-corrected chi connectivity index (χ4v) is 5.02. The third kappa shape index (κ3) is 5.67. The summed E-state index contributed by atoms with van der Waals surface area (Å²) in [5.74, 6) is -1.53. The van der Waals surface area contributed by atoms with Crippen molar-refractivity contribution in [2.24, 2.45) is 0 Å². The van der Waals surface area contributed by atoms with Gasteiger partial charge in [0.1, 0.15) is 13.2 Å². The summed E-state index contributed by atoms with van der Waals surface area (Å²) in [7, 11) is 0. The summed E-state index contributed by atoms with van der Waals surface area (Å²) >= 11 is 3.51. The van der Waals surface area contributed by atoms with Crippen LogP contribution in [0.2, 0.25) is 0 Å². The van der Waals surface area contributed by atoms with Gasteiger partial charge >= 0.3 is 11.9 Å². The van der Waals surface area contributed by atoms with Crippen LogP contribution in [0.3, 0.4) is 0 Å². The molecule has 0 radical (unpaired) electrons. The van der Waals surface area contributed by atoms with Crippen LogP contribution in [0.4, 0.5) is 0 Å². The summed E-state index contributed by atoms with van der Waals surface area (Å²) in [5.41, 5.74) is 2.93. The number of carbonyl (C=O) groups excluding carboxylic acids is 2. The molecule has 2 fully saturated rings. The van der Waals surface area contributed by atoms with Gasteiger partial charge in [-0.25, -0.2) is 9.59 Å². The molecule has 3 heterocycles.